The summed E-state index contributed by atoms with van der Waals surface area (Å²) in [6.45, 7) is 2.82. The molecule has 3 aromatic carbocycles. The monoisotopic (exact) mass is 523 g/mol. The van der Waals surface area contributed by atoms with Crippen molar-refractivity contribution in [3.8, 4) is 28.6 Å². The van der Waals surface area contributed by atoms with Crippen LogP contribution in [-0.2, 0) is 6.54 Å². The first kappa shape index (κ1) is 24.0. The Labute approximate surface area is 217 Å². The zero-order valence-electron chi connectivity index (χ0n) is 20.1. The Bertz CT molecular complexity index is 1570. The second-order valence-corrected chi connectivity index (χ2v) is 8.99. The number of halogens is 2. The molecule has 0 fully saturated rings. The number of nitrogens with zero attached hydrogens (tertiary/aromatic N) is 2. The molecule has 0 bridgehead atoms. The third kappa shape index (κ3) is 3.94. The zero-order chi connectivity index (χ0) is 25.6. The third-order valence-corrected chi connectivity index (χ3v) is 6.91. The molecule has 0 aliphatic carbocycles. The van der Waals surface area contributed by atoms with Crippen molar-refractivity contribution in [2.45, 2.75) is 13.5 Å². The second-order valence-electron chi connectivity index (χ2n) is 8.17. The fraction of sp³-hybridized carbons (Fsp3) is 0.185. The number of aromatic nitrogens is 3. The lowest BCUT2D eigenvalue weighted by atomic mass is 10.00. The number of fused-ring (bicyclic) bond motifs is 2. The van der Waals surface area contributed by atoms with Gasteiger partial charge in [-0.05, 0) is 49.4 Å². The highest BCUT2D eigenvalue weighted by Gasteiger charge is 2.20. The molecule has 5 rings (SSSR count). The highest BCUT2D eigenvalue weighted by atomic mass is 35.5. The predicted molar refractivity (Wildman–Crippen MR) is 142 cm³/mol. The average molecular weight is 524 g/mol. The Kier molecular flexibility index (Phi) is 6.28. The van der Waals surface area contributed by atoms with Gasteiger partial charge < -0.3 is 23.8 Å². The molecule has 2 aromatic heterocycles. The van der Waals surface area contributed by atoms with Gasteiger partial charge in [-0.2, -0.15) is 0 Å². The number of imidazole rings is 1. The normalized spacial score (nSPS) is 11.3. The average Bonchev–Trinajstić information content (AvgIpc) is 3.47. The molecule has 0 saturated heterocycles. The van der Waals surface area contributed by atoms with Gasteiger partial charge in [0, 0.05) is 40.3 Å². The maximum atomic E-state index is 13.6. The summed E-state index contributed by atoms with van der Waals surface area (Å²) in [5.41, 5.74) is 4.30. The van der Waals surface area contributed by atoms with Crippen molar-refractivity contribution >= 4 is 50.9 Å². The molecular formula is C27H23Cl2N3O4. The van der Waals surface area contributed by atoms with E-state index in [0.29, 0.717) is 49.8 Å². The Morgan fingerprint density at radius 2 is 1.64 bits per heavy atom. The standard InChI is InChI=1S/C27H23Cl2N3O4/c1-5-32-13-17(27-30-20-11-18(28)19(29)12-21(20)31-27)16-8-14(6-7-22(16)32)25(33)15-9-23(34-2)26(36-4)24(10-15)35-3/h6-13H,5H2,1-4H3,(H,30,31). The summed E-state index contributed by atoms with van der Waals surface area (Å²) in [5, 5.41) is 1.79. The Hall–Kier alpha value is -3.68. The second kappa shape index (κ2) is 9.41. The van der Waals surface area contributed by atoms with Gasteiger partial charge in [-0.3, -0.25) is 4.79 Å². The molecule has 7 nitrogen and oxygen atoms in total. The molecule has 0 amide bonds. The Morgan fingerprint density at radius 1 is 0.944 bits per heavy atom. The number of hydrogen-bond donors (Lipinski definition) is 1. The van der Waals surface area contributed by atoms with Gasteiger partial charge in [0.05, 0.1) is 42.4 Å². The summed E-state index contributed by atoms with van der Waals surface area (Å²) < 4.78 is 18.4. The van der Waals surface area contributed by atoms with E-state index in [1.54, 1.807) is 24.3 Å². The van der Waals surface area contributed by atoms with Gasteiger partial charge in [0.25, 0.3) is 0 Å². The number of ketones is 1. The highest BCUT2D eigenvalue weighted by molar-refractivity contribution is 6.42. The first-order valence-electron chi connectivity index (χ1n) is 11.2. The lowest BCUT2D eigenvalue weighted by molar-refractivity contribution is 0.103. The molecule has 0 unspecified atom stereocenters. The zero-order valence-corrected chi connectivity index (χ0v) is 21.6. The van der Waals surface area contributed by atoms with Gasteiger partial charge in [-0.1, -0.05) is 23.2 Å². The first-order valence-corrected chi connectivity index (χ1v) is 12.0. The fourth-order valence-corrected chi connectivity index (χ4v) is 4.72. The molecule has 0 saturated carbocycles. The first-order chi connectivity index (χ1) is 17.4. The predicted octanol–water partition coefficient (Wildman–Crippen LogP) is 6.77. The number of carbonyl (C=O) groups excluding carboxylic acids is 1. The van der Waals surface area contributed by atoms with Gasteiger partial charge in [0.15, 0.2) is 17.3 Å². The summed E-state index contributed by atoms with van der Waals surface area (Å²) in [5.74, 6) is 1.75. The number of H-pyrrole nitrogens is 1. The minimum atomic E-state index is -0.172. The van der Waals surface area contributed by atoms with E-state index in [-0.39, 0.29) is 5.78 Å². The third-order valence-electron chi connectivity index (χ3n) is 6.19. The van der Waals surface area contributed by atoms with Crippen molar-refractivity contribution in [3.05, 3.63) is 69.8 Å². The van der Waals surface area contributed by atoms with Crippen LogP contribution in [-0.4, -0.2) is 41.6 Å². The van der Waals surface area contributed by atoms with E-state index >= 15 is 0 Å². The van der Waals surface area contributed by atoms with Crippen molar-refractivity contribution < 1.29 is 19.0 Å². The van der Waals surface area contributed by atoms with Crippen molar-refractivity contribution in [1.29, 1.82) is 0 Å². The van der Waals surface area contributed by atoms with Crippen LogP contribution in [0.1, 0.15) is 22.8 Å². The van der Waals surface area contributed by atoms with Gasteiger partial charge in [-0.15, -0.1) is 0 Å². The maximum Gasteiger partial charge on any atom is 0.203 e. The van der Waals surface area contributed by atoms with Crippen molar-refractivity contribution in [2.24, 2.45) is 0 Å². The molecule has 2 heterocycles. The smallest absolute Gasteiger partial charge is 0.203 e. The summed E-state index contributed by atoms with van der Waals surface area (Å²) in [6, 6.07) is 12.4. The Balaban J connectivity index is 1.65. The molecule has 0 aliphatic heterocycles. The number of rotatable bonds is 7. The number of benzene rings is 3. The fourth-order valence-electron chi connectivity index (χ4n) is 4.40. The van der Waals surface area contributed by atoms with Crippen LogP contribution in [0, 0.1) is 0 Å². The van der Waals surface area contributed by atoms with E-state index in [1.807, 2.05) is 24.4 Å². The summed E-state index contributed by atoms with van der Waals surface area (Å²) in [7, 11) is 4.56. The number of ether oxygens (including phenoxy) is 3. The highest BCUT2D eigenvalue weighted by Crippen LogP contribution is 2.39. The molecule has 184 valence electrons. The lowest BCUT2D eigenvalue weighted by Crippen LogP contribution is -2.04. The molecule has 9 heteroatoms. The van der Waals surface area contributed by atoms with Gasteiger partial charge in [0.1, 0.15) is 5.82 Å². The molecule has 0 spiro atoms. The molecule has 0 aliphatic rings. The van der Waals surface area contributed by atoms with Crippen LogP contribution < -0.4 is 14.2 Å². The van der Waals surface area contributed by atoms with Crippen molar-refractivity contribution in [1.82, 2.24) is 14.5 Å². The van der Waals surface area contributed by atoms with Gasteiger partial charge in [0.2, 0.25) is 5.75 Å². The van der Waals surface area contributed by atoms with E-state index in [4.69, 9.17) is 42.4 Å². The van der Waals surface area contributed by atoms with E-state index in [9.17, 15) is 4.79 Å². The minimum Gasteiger partial charge on any atom is -0.493 e. The van der Waals surface area contributed by atoms with Crippen LogP contribution in [0.2, 0.25) is 10.0 Å². The summed E-state index contributed by atoms with van der Waals surface area (Å²) in [6.07, 6.45) is 2.03. The van der Waals surface area contributed by atoms with Gasteiger partial charge >= 0.3 is 0 Å². The molecule has 5 aromatic rings. The molecular weight excluding hydrogens is 501 g/mol. The molecule has 1 N–H and O–H groups in total. The van der Waals surface area contributed by atoms with Crippen LogP contribution in [0.4, 0.5) is 0 Å². The van der Waals surface area contributed by atoms with Crippen LogP contribution in [0.25, 0.3) is 33.3 Å². The topological polar surface area (TPSA) is 78.4 Å². The number of aryl methyl sites for hydroxylation is 1. The molecule has 36 heavy (non-hydrogen) atoms. The van der Waals surface area contributed by atoms with Crippen molar-refractivity contribution in [3.63, 3.8) is 0 Å². The lowest BCUT2D eigenvalue weighted by Gasteiger charge is -2.14. The summed E-state index contributed by atoms with van der Waals surface area (Å²) in [4.78, 5) is 21.6. The number of hydrogen-bond acceptors (Lipinski definition) is 5. The van der Waals surface area contributed by atoms with Crippen LogP contribution >= 0.6 is 23.2 Å². The molecule has 0 atom stereocenters. The SMILES string of the molecule is CCn1cc(-c2nc3cc(Cl)c(Cl)cc3[nH]2)c2cc(C(=O)c3cc(OC)c(OC)c(OC)c3)ccc21. The van der Waals surface area contributed by atoms with E-state index in [1.165, 1.54) is 21.3 Å². The van der Waals surface area contributed by atoms with Gasteiger partial charge in [-0.25, -0.2) is 4.98 Å². The van der Waals surface area contributed by atoms with E-state index in [2.05, 4.69) is 16.5 Å². The van der Waals surface area contributed by atoms with Crippen LogP contribution in [0.3, 0.4) is 0 Å². The van der Waals surface area contributed by atoms with Crippen molar-refractivity contribution in [2.75, 3.05) is 21.3 Å². The number of methoxy groups -OCH3 is 3. The number of carbonyl (C=O) groups is 1. The summed E-state index contributed by atoms with van der Waals surface area (Å²) >= 11 is 12.4. The number of nitrogens with one attached hydrogen (secondary N) is 1. The quantitative estimate of drug-likeness (QED) is 0.238. The van der Waals surface area contributed by atoms with E-state index < -0.39 is 0 Å². The minimum absolute atomic E-state index is 0.172. The van der Waals surface area contributed by atoms with Crippen LogP contribution in [0.15, 0.2) is 48.7 Å². The Morgan fingerprint density at radius 3 is 2.28 bits per heavy atom. The molecule has 0 radical (unpaired) electrons. The number of aromatic amines is 1. The van der Waals surface area contributed by atoms with Crippen LogP contribution in [0.5, 0.6) is 17.2 Å². The maximum absolute atomic E-state index is 13.6. The largest absolute Gasteiger partial charge is 0.493 e. The van der Waals surface area contributed by atoms with E-state index in [0.717, 1.165) is 28.5 Å².